The third-order valence-corrected chi connectivity index (χ3v) is 3.48. The summed E-state index contributed by atoms with van der Waals surface area (Å²) in [6.07, 6.45) is 5.81. The van der Waals surface area contributed by atoms with Crippen LogP contribution in [0.25, 0.3) is 22.4 Å². The Labute approximate surface area is 109 Å². The van der Waals surface area contributed by atoms with E-state index in [1.165, 1.54) is 6.07 Å². The Morgan fingerprint density at radius 2 is 2.11 bits per heavy atom. The molecule has 1 aliphatic rings. The molecule has 0 saturated heterocycles. The van der Waals surface area contributed by atoms with Crippen molar-refractivity contribution in [3.63, 3.8) is 0 Å². The van der Waals surface area contributed by atoms with Crippen molar-refractivity contribution in [3.05, 3.63) is 48.5 Å². The molecule has 94 valence electrons. The van der Waals surface area contributed by atoms with E-state index in [1.54, 1.807) is 24.5 Å². The molecule has 1 aromatic carbocycles. The van der Waals surface area contributed by atoms with Gasteiger partial charge >= 0.3 is 0 Å². The highest BCUT2D eigenvalue weighted by Gasteiger charge is 2.28. The van der Waals surface area contributed by atoms with E-state index >= 15 is 0 Å². The number of fused-ring (bicyclic) bond motifs is 1. The fourth-order valence-corrected chi connectivity index (χ4v) is 2.47. The first-order valence-corrected chi connectivity index (χ1v) is 6.41. The normalized spacial score (nSPS) is 15.0. The van der Waals surface area contributed by atoms with E-state index in [0.717, 1.165) is 35.3 Å². The van der Waals surface area contributed by atoms with Gasteiger partial charge in [0.25, 0.3) is 0 Å². The minimum atomic E-state index is -0.216. The number of pyridine rings is 1. The van der Waals surface area contributed by atoms with Crippen molar-refractivity contribution in [2.75, 3.05) is 0 Å². The van der Waals surface area contributed by atoms with Crippen molar-refractivity contribution in [2.45, 2.75) is 18.9 Å². The summed E-state index contributed by atoms with van der Waals surface area (Å²) < 4.78 is 15.6. The van der Waals surface area contributed by atoms with Crippen LogP contribution in [-0.4, -0.2) is 14.5 Å². The standard InChI is InChI=1S/C15H12FN3/c16-11-3-6-13-14(8-11)19(12-4-5-12)15(18-13)10-2-1-7-17-9-10/h1-3,6-9,12H,4-5H2. The molecule has 2 heterocycles. The van der Waals surface area contributed by atoms with Crippen molar-refractivity contribution in [1.29, 1.82) is 0 Å². The van der Waals surface area contributed by atoms with Crippen molar-refractivity contribution >= 4 is 11.0 Å². The first-order valence-electron chi connectivity index (χ1n) is 6.41. The Morgan fingerprint density at radius 1 is 1.21 bits per heavy atom. The fraction of sp³-hybridized carbons (Fsp3) is 0.200. The summed E-state index contributed by atoms with van der Waals surface area (Å²) in [5.74, 6) is 0.670. The van der Waals surface area contributed by atoms with E-state index in [4.69, 9.17) is 0 Å². The van der Waals surface area contributed by atoms with Crippen LogP contribution in [-0.2, 0) is 0 Å². The molecule has 1 aliphatic carbocycles. The molecule has 0 N–H and O–H groups in total. The Bertz CT molecular complexity index is 745. The Kier molecular flexibility index (Phi) is 2.18. The number of halogens is 1. The monoisotopic (exact) mass is 253 g/mol. The molecule has 0 spiro atoms. The van der Waals surface area contributed by atoms with Gasteiger partial charge in [-0.15, -0.1) is 0 Å². The van der Waals surface area contributed by atoms with Crippen LogP contribution in [0.15, 0.2) is 42.7 Å². The zero-order valence-corrected chi connectivity index (χ0v) is 10.3. The topological polar surface area (TPSA) is 30.7 Å². The third kappa shape index (κ3) is 1.71. The highest BCUT2D eigenvalue weighted by atomic mass is 19.1. The minimum absolute atomic E-state index is 0.216. The number of benzene rings is 1. The summed E-state index contributed by atoms with van der Waals surface area (Å²) in [5, 5.41) is 0. The van der Waals surface area contributed by atoms with E-state index in [-0.39, 0.29) is 5.82 Å². The van der Waals surface area contributed by atoms with Gasteiger partial charge in [0.2, 0.25) is 0 Å². The second kappa shape index (κ2) is 3.88. The van der Waals surface area contributed by atoms with Crippen molar-refractivity contribution in [3.8, 4) is 11.4 Å². The molecule has 3 aromatic rings. The van der Waals surface area contributed by atoms with E-state index in [9.17, 15) is 4.39 Å². The highest BCUT2D eigenvalue weighted by molar-refractivity contribution is 5.81. The molecule has 0 atom stereocenters. The predicted molar refractivity (Wildman–Crippen MR) is 71.2 cm³/mol. The molecule has 4 rings (SSSR count). The minimum Gasteiger partial charge on any atom is -0.321 e. The highest BCUT2D eigenvalue weighted by Crippen LogP contribution is 2.41. The lowest BCUT2D eigenvalue weighted by molar-refractivity contribution is 0.628. The molecule has 1 fully saturated rings. The molecular formula is C15H12FN3. The van der Waals surface area contributed by atoms with E-state index in [1.807, 2.05) is 12.1 Å². The number of imidazole rings is 1. The van der Waals surface area contributed by atoms with Crippen LogP contribution >= 0.6 is 0 Å². The summed E-state index contributed by atoms with van der Waals surface area (Å²) in [6.45, 7) is 0. The number of hydrogen-bond donors (Lipinski definition) is 0. The number of rotatable bonds is 2. The first-order chi connectivity index (χ1) is 9.33. The van der Waals surface area contributed by atoms with Crippen LogP contribution in [0.2, 0.25) is 0 Å². The predicted octanol–water partition coefficient (Wildman–Crippen LogP) is 3.57. The third-order valence-electron chi connectivity index (χ3n) is 3.48. The Morgan fingerprint density at radius 3 is 2.84 bits per heavy atom. The van der Waals surface area contributed by atoms with E-state index < -0.39 is 0 Å². The van der Waals surface area contributed by atoms with Gasteiger partial charge in [-0.2, -0.15) is 0 Å². The SMILES string of the molecule is Fc1ccc2nc(-c3cccnc3)n(C3CC3)c2c1. The summed E-state index contributed by atoms with van der Waals surface area (Å²) in [4.78, 5) is 8.78. The number of aromatic nitrogens is 3. The van der Waals surface area contributed by atoms with Gasteiger partial charge in [-0.1, -0.05) is 0 Å². The molecule has 0 radical (unpaired) electrons. The van der Waals surface area contributed by atoms with Gasteiger partial charge in [0.15, 0.2) is 0 Å². The van der Waals surface area contributed by atoms with Crippen LogP contribution in [0.4, 0.5) is 4.39 Å². The maximum absolute atomic E-state index is 13.5. The maximum atomic E-state index is 13.5. The average molecular weight is 253 g/mol. The fourth-order valence-electron chi connectivity index (χ4n) is 2.47. The zero-order valence-electron chi connectivity index (χ0n) is 10.3. The molecule has 0 unspecified atom stereocenters. The molecule has 4 heteroatoms. The van der Waals surface area contributed by atoms with Gasteiger partial charge in [0, 0.05) is 24.0 Å². The second-order valence-electron chi connectivity index (χ2n) is 4.91. The maximum Gasteiger partial charge on any atom is 0.142 e. The van der Waals surface area contributed by atoms with Crippen LogP contribution in [0.3, 0.4) is 0 Å². The van der Waals surface area contributed by atoms with Gasteiger partial charge in [-0.3, -0.25) is 4.98 Å². The average Bonchev–Trinajstić information content (AvgIpc) is 3.21. The Hall–Kier alpha value is -2.23. The molecule has 3 nitrogen and oxygen atoms in total. The molecule has 0 aliphatic heterocycles. The molecule has 0 bridgehead atoms. The summed E-state index contributed by atoms with van der Waals surface area (Å²) >= 11 is 0. The number of hydrogen-bond acceptors (Lipinski definition) is 2. The van der Waals surface area contributed by atoms with Gasteiger partial charge in [0.05, 0.1) is 11.0 Å². The van der Waals surface area contributed by atoms with Crippen LogP contribution < -0.4 is 0 Å². The summed E-state index contributed by atoms with van der Waals surface area (Å²) in [6, 6.07) is 9.10. The van der Waals surface area contributed by atoms with E-state index in [0.29, 0.717) is 6.04 Å². The van der Waals surface area contributed by atoms with Gasteiger partial charge < -0.3 is 4.57 Å². The van der Waals surface area contributed by atoms with Crippen molar-refractivity contribution in [1.82, 2.24) is 14.5 Å². The smallest absolute Gasteiger partial charge is 0.142 e. The van der Waals surface area contributed by atoms with Crippen LogP contribution in [0, 0.1) is 5.82 Å². The lowest BCUT2D eigenvalue weighted by atomic mass is 10.2. The van der Waals surface area contributed by atoms with Crippen LogP contribution in [0.1, 0.15) is 18.9 Å². The first kappa shape index (κ1) is 10.7. The lowest BCUT2D eigenvalue weighted by Crippen LogP contribution is -1.97. The Balaban J connectivity index is 2.02. The van der Waals surface area contributed by atoms with Crippen LogP contribution in [0.5, 0.6) is 0 Å². The van der Waals surface area contributed by atoms with Gasteiger partial charge in [0.1, 0.15) is 11.6 Å². The molecule has 0 amide bonds. The zero-order chi connectivity index (χ0) is 12.8. The molecular weight excluding hydrogens is 241 g/mol. The second-order valence-corrected chi connectivity index (χ2v) is 4.91. The summed E-state index contributed by atoms with van der Waals surface area (Å²) in [5.41, 5.74) is 2.69. The lowest BCUT2D eigenvalue weighted by Gasteiger charge is -2.07. The van der Waals surface area contributed by atoms with Crippen molar-refractivity contribution in [2.24, 2.45) is 0 Å². The number of nitrogens with zero attached hydrogens (tertiary/aromatic N) is 3. The van der Waals surface area contributed by atoms with Gasteiger partial charge in [-0.25, -0.2) is 9.37 Å². The summed E-state index contributed by atoms with van der Waals surface area (Å²) in [7, 11) is 0. The van der Waals surface area contributed by atoms with Crippen molar-refractivity contribution < 1.29 is 4.39 Å². The van der Waals surface area contributed by atoms with Gasteiger partial charge in [-0.05, 0) is 43.2 Å². The molecule has 19 heavy (non-hydrogen) atoms. The molecule has 2 aromatic heterocycles. The largest absolute Gasteiger partial charge is 0.321 e. The van der Waals surface area contributed by atoms with E-state index in [2.05, 4.69) is 14.5 Å². The molecule has 1 saturated carbocycles. The quantitative estimate of drug-likeness (QED) is 0.699.